The molecule has 3 rings (SSSR count). The van der Waals surface area contributed by atoms with Gasteiger partial charge >= 0.3 is 23.9 Å². The first-order valence-electron chi connectivity index (χ1n) is 14.3. The zero-order valence-electron chi connectivity index (χ0n) is 25.0. The summed E-state index contributed by atoms with van der Waals surface area (Å²) in [7, 11) is 0. The highest BCUT2D eigenvalue weighted by Crippen LogP contribution is 2.56. The van der Waals surface area contributed by atoms with Gasteiger partial charge in [-0.15, -0.1) is 0 Å². The van der Waals surface area contributed by atoms with Gasteiger partial charge in [-0.25, -0.2) is 9.59 Å². The minimum absolute atomic E-state index is 0.0971. The maximum atomic E-state index is 13.1. The smallest absolute Gasteiger partial charge is 0.341 e. The Morgan fingerprint density at radius 3 is 2.29 bits per heavy atom. The fraction of sp³-hybridized carbons (Fsp3) is 0.733. The Morgan fingerprint density at radius 2 is 1.71 bits per heavy atom. The Kier molecular flexibility index (Phi) is 9.77. The van der Waals surface area contributed by atoms with Crippen molar-refractivity contribution in [3.8, 4) is 0 Å². The first kappa shape index (κ1) is 32.8. The molecule has 1 saturated heterocycles. The minimum atomic E-state index is -2.55. The highest BCUT2D eigenvalue weighted by molar-refractivity contribution is 5.88. The number of unbranched alkanes of at least 4 members (excludes halogenated alkanes) is 4. The van der Waals surface area contributed by atoms with E-state index in [0.717, 1.165) is 32.6 Å². The third-order valence-corrected chi connectivity index (χ3v) is 8.81. The van der Waals surface area contributed by atoms with Gasteiger partial charge in [0.05, 0.1) is 12.0 Å². The van der Waals surface area contributed by atoms with Gasteiger partial charge in [0.1, 0.15) is 5.60 Å². The van der Waals surface area contributed by atoms with E-state index in [1.807, 2.05) is 0 Å². The SMILES string of the molecule is CC=C(C)C(=O)OC1C(C)=C2[C@H]([C@@H]1OC(=O)CCCCCCC)[C@@](C)(OC(C)=O)CC(O)[C@@]1(O)[C@H]2OC(=O)[C@@]1(C)O. The zero-order chi connectivity index (χ0) is 30.9. The fourth-order valence-corrected chi connectivity index (χ4v) is 6.38. The molecule has 3 N–H and O–H groups in total. The number of aliphatic hydroxyl groups excluding tert-OH is 1. The van der Waals surface area contributed by atoms with Gasteiger partial charge < -0.3 is 34.3 Å². The first-order chi connectivity index (χ1) is 19.1. The number of esters is 4. The Balaban J connectivity index is 2.15. The maximum Gasteiger partial charge on any atom is 0.341 e. The topological polar surface area (TPSA) is 166 Å². The number of carbonyl (C=O) groups excluding carboxylic acids is 4. The van der Waals surface area contributed by atoms with Gasteiger partial charge in [-0.05, 0) is 52.2 Å². The van der Waals surface area contributed by atoms with E-state index in [1.165, 1.54) is 13.8 Å². The predicted octanol–water partition coefficient (Wildman–Crippen LogP) is 2.58. The van der Waals surface area contributed by atoms with Crippen molar-refractivity contribution in [2.24, 2.45) is 5.92 Å². The summed E-state index contributed by atoms with van der Waals surface area (Å²) in [4.78, 5) is 51.2. The summed E-state index contributed by atoms with van der Waals surface area (Å²) in [6.45, 7) is 10.6. The molecule has 1 heterocycles. The Morgan fingerprint density at radius 1 is 1.07 bits per heavy atom. The molecule has 0 bridgehead atoms. The van der Waals surface area contributed by atoms with E-state index in [4.69, 9.17) is 18.9 Å². The van der Waals surface area contributed by atoms with Crippen LogP contribution in [0, 0.1) is 5.92 Å². The van der Waals surface area contributed by atoms with E-state index in [0.29, 0.717) is 12.0 Å². The number of fused-ring (bicyclic) bond motifs is 3. The lowest BCUT2D eigenvalue weighted by atomic mass is 9.75. The molecule has 11 nitrogen and oxygen atoms in total. The van der Waals surface area contributed by atoms with Crippen molar-refractivity contribution in [3.63, 3.8) is 0 Å². The lowest BCUT2D eigenvalue weighted by molar-refractivity contribution is -0.199. The number of allylic oxidation sites excluding steroid dienone is 1. The zero-order valence-corrected chi connectivity index (χ0v) is 25.0. The van der Waals surface area contributed by atoms with Crippen LogP contribution in [0.5, 0.6) is 0 Å². The highest BCUT2D eigenvalue weighted by Gasteiger charge is 2.74. The third-order valence-electron chi connectivity index (χ3n) is 8.81. The molecular formula is C30H44O11. The van der Waals surface area contributed by atoms with Crippen LogP contribution in [-0.4, -0.2) is 80.4 Å². The molecule has 8 atom stereocenters. The summed E-state index contributed by atoms with van der Waals surface area (Å²) in [6, 6.07) is 0. The standard InChI is InChI=1S/C30H44O11/c1-8-10-11-12-13-14-20(33)38-24-22-21(17(4)23(24)39-26(34)16(3)9-2)25-30(37,29(7,36)27(35)40-25)19(32)15-28(22,6)41-18(5)31/h9,19,22-25,32,36-37H,8,10-15H2,1-7H3/t19?,22-,23?,24+,25+,28+,29-,30-/m1/s1. The summed E-state index contributed by atoms with van der Waals surface area (Å²) in [6.07, 6.45) is -0.166. The van der Waals surface area contributed by atoms with Gasteiger partial charge in [-0.3, -0.25) is 9.59 Å². The summed E-state index contributed by atoms with van der Waals surface area (Å²) in [5, 5.41) is 34.1. The molecule has 3 aliphatic rings. The molecule has 0 aromatic rings. The van der Waals surface area contributed by atoms with E-state index in [1.54, 1.807) is 26.8 Å². The summed E-state index contributed by atoms with van der Waals surface area (Å²) >= 11 is 0. The van der Waals surface area contributed by atoms with Crippen LogP contribution in [0.3, 0.4) is 0 Å². The van der Waals surface area contributed by atoms with Gasteiger partial charge in [-0.1, -0.05) is 38.7 Å². The van der Waals surface area contributed by atoms with E-state index < -0.39 is 77.4 Å². The summed E-state index contributed by atoms with van der Waals surface area (Å²) < 4.78 is 23.1. The van der Waals surface area contributed by atoms with Gasteiger partial charge in [0.25, 0.3) is 0 Å². The molecule has 41 heavy (non-hydrogen) atoms. The average Bonchev–Trinajstić information content (AvgIpc) is 3.22. The quantitative estimate of drug-likeness (QED) is 0.114. The number of aliphatic hydroxyl groups is 3. The molecule has 0 amide bonds. The maximum absolute atomic E-state index is 13.1. The molecule has 1 saturated carbocycles. The van der Waals surface area contributed by atoms with Crippen LogP contribution in [0.15, 0.2) is 22.8 Å². The van der Waals surface area contributed by atoms with Crippen molar-refractivity contribution < 1.29 is 53.4 Å². The van der Waals surface area contributed by atoms with Crippen LogP contribution in [0.1, 0.15) is 93.4 Å². The fourth-order valence-electron chi connectivity index (χ4n) is 6.38. The van der Waals surface area contributed by atoms with Crippen LogP contribution in [0.2, 0.25) is 0 Å². The average molecular weight is 581 g/mol. The largest absolute Gasteiger partial charge is 0.459 e. The molecule has 2 aliphatic carbocycles. The van der Waals surface area contributed by atoms with Crippen molar-refractivity contribution in [1.82, 2.24) is 0 Å². The summed E-state index contributed by atoms with van der Waals surface area (Å²) in [5.41, 5.74) is -5.99. The van der Waals surface area contributed by atoms with Crippen molar-refractivity contribution in [2.75, 3.05) is 0 Å². The lowest BCUT2D eigenvalue weighted by Gasteiger charge is -2.40. The molecule has 11 heteroatoms. The number of carbonyl (C=O) groups is 4. The van der Waals surface area contributed by atoms with Crippen LogP contribution < -0.4 is 0 Å². The van der Waals surface area contributed by atoms with Crippen molar-refractivity contribution in [3.05, 3.63) is 22.8 Å². The number of rotatable bonds is 10. The van der Waals surface area contributed by atoms with Gasteiger partial charge in [0.2, 0.25) is 0 Å². The van der Waals surface area contributed by atoms with Crippen LogP contribution in [0.25, 0.3) is 0 Å². The molecule has 1 aliphatic heterocycles. The molecule has 2 fully saturated rings. The van der Waals surface area contributed by atoms with E-state index in [9.17, 15) is 34.5 Å². The van der Waals surface area contributed by atoms with Crippen molar-refractivity contribution >= 4 is 23.9 Å². The molecule has 0 spiro atoms. The Labute approximate surface area is 240 Å². The van der Waals surface area contributed by atoms with Crippen LogP contribution in [-0.2, 0) is 38.1 Å². The normalized spacial score (nSPS) is 36.7. The highest BCUT2D eigenvalue weighted by atomic mass is 16.6. The Bertz CT molecular complexity index is 1120. The second kappa shape index (κ2) is 12.2. The van der Waals surface area contributed by atoms with Crippen LogP contribution >= 0.6 is 0 Å². The lowest BCUT2D eigenvalue weighted by Crippen LogP contribution is -2.63. The molecule has 0 radical (unpaired) electrons. The molecule has 0 aromatic heterocycles. The van der Waals surface area contributed by atoms with Gasteiger partial charge in [-0.2, -0.15) is 0 Å². The monoisotopic (exact) mass is 580 g/mol. The molecule has 2 unspecified atom stereocenters. The minimum Gasteiger partial charge on any atom is -0.459 e. The number of ether oxygens (including phenoxy) is 4. The molecular weight excluding hydrogens is 536 g/mol. The molecule has 0 aromatic carbocycles. The first-order valence-corrected chi connectivity index (χ1v) is 14.3. The van der Waals surface area contributed by atoms with Gasteiger partial charge in [0.15, 0.2) is 29.5 Å². The van der Waals surface area contributed by atoms with Crippen LogP contribution in [0.4, 0.5) is 0 Å². The van der Waals surface area contributed by atoms with E-state index in [2.05, 4.69) is 6.92 Å². The van der Waals surface area contributed by atoms with E-state index in [-0.39, 0.29) is 17.6 Å². The second-order valence-electron chi connectivity index (χ2n) is 11.8. The van der Waals surface area contributed by atoms with Crippen molar-refractivity contribution in [1.29, 1.82) is 0 Å². The second-order valence-corrected chi connectivity index (χ2v) is 11.8. The Hall–Kier alpha value is -2.76. The molecule has 230 valence electrons. The number of hydrogen-bond acceptors (Lipinski definition) is 11. The van der Waals surface area contributed by atoms with Gasteiger partial charge in [0, 0.05) is 25.3 Å². The third kappa shape index (κ3) is 5.81. The van der Waals surface area contributed by atoms with Crippen molar-refractivity contribution in [2.45, 2.75) is 135 Å². The predicted molar refractivity (Wildman–Crippen MR) is 145 cm³/mol. The number of hydrogen-bond donors (Lipinski definition) is 3. The van der Waals surface area contributed by atoms with E-state index >= 15 is 0 Å². The summed E-state index contributed by atoms with van der Waals surface area (Å²) in [5.74, 6) is -4.23.